The molecule has 0 bridgehead atoms. The van der Waals surface area contributed by atoms with Gasteiger partial charge in [0.1, 0.15) is 0 Å². The minimum absolute atomic E-state index is 0.292. The van der Waals surface area contributed by atoms with Crippen molar-refractivity contribution in [1.29, 1.82) is 0 Å². The van der Waals surface area contributed by atoms with Gasteiger partial charge < -0.3 is 19.5 Å². The van der Waals surface area contributed by atoms with Crippen LogP contribution in [0.15, 0.2) is 24.3 Å². The molecule has 0 unspecified atom stereocenters. The average Bonchev–Trinajstić information content (AvgIpc) is 2.99. The van der Waals surface area contributed by atoms with E-state index in [4.69, 9.17) is 9.47 Å². The number of aliphatic hydroxyl groups is 1. The van der Waals surface area contributed by atoms with Crippen LogP contribution in [-0.2, 0) is 4.74 Å². The quantitative estimate of drug-likeness (QED) is 0.847. The maximum atomic E-state index is 13.4. The second-order valence-corrected chi connectivity index (χ2v) is 6.22. The molecule has 22 heavy (non-hydrogen) atoms. The second-order valence-electron chi connectivity index (χ2n) is 6.22. The number of halogens is 1. The van der Waals surface area contributed by atoms with E-state index in [0.29, 0.717) is 18.9 Å². The van der Waals surface area contributed by atoms with Crippen molar-refractivity contribution in [2.45, 2.75) is 37.4 Å². The van der Waals surface area contributed by atoms with Crippen LogP contribution in [0, 0.1) is 5.82 Å². The molecule has 122 valence electrons. The van der Waals surface area contributed by atoms with Crippen molar-refractivity contribution in [3.8, 4) is 5.75 Å². The molecule has 5 heteroatoms. The van der Waals surface area contributed by atoms with Crippen molar-refractivity contribution in [3.63, 3.8) is 0 Å². The summed E-state index contributed by atoms with van der Waals surface area (Å²) in [5, 5.41) is 10.4. The number of nitrogens with zero attached hydrogens (tertiary/aromatic N) is 1. The highest BCUT2D eigenvalue weighted by atomic mass is 19.1. The largest absolute Gasteiger partial charge is 0.490 e. The first-order chi connectivity index (χ1) is 10.7. The molecule has 2 saturated heterocycles. The molecule has 2 atom stereocenters. The Labute approximate surface area is 130 Å². The van der Waals surface area contributed by atoms with Crippen molar-refractivity contribution >= 4 is 0 Å². The van der Waals surface area contributed by atoms with E-state index in [1.54, 1.807) is 18.2 Å². The number of benzene rings is 1. The number of rotatable bonds is 5. The van der Waals surface area contributed by atoms with Gasteiger partial charge in [-0.25, -0.2) is 4.39 Å². The number of piperidine rings is 1. The predicted octanol–water partition coefficient (Wildman–Crippen LogP) is 2.21. The number of likely N-dealkylation sites (tertiary alicyclic amines) is 1. The van der Waals surface area contributed by atoms with Crippen LogP contribution in [0.4, 0.5) is 4.39 Å². The molecule has 0 aliphatic carbocycles. The van der Waals surface area contributed by atoms with Gasteiger partial charge in [0.05, 0.1) is 18.3 Å². The lowest BCUT2D eigenvalue weighted by molar-refractivity contribution is -0.129. The Morgan fingerprint density at radius 2 is 2.23 bits per heavy atom. The van der Waals surface area contributed by atoms with E-state index < -0.39 is 6.10 Å². The van der Waals surface area contributed by atoms with Crippen LogP contribution >= 0.6 is 0 Å². The maximum absolute atomic E-state index is 13.4. The fraction of sp³-hybridized carbons (Fsp3) is 0.647. The van der Waals surface area contributed by atoms with E-state index in [1.807, 2.05) is 0 Å². The number of aliphatic hydroxyl groups excluding tert-OH is 1. The van der Waals surface area contributed by atoms with Crippen LogP contribution in [0.3, 0.4) is 0 Å². The molecular weight excluding hydrogens is 285 g/mol. The summed E-state index contributed by atoms with van der Waals surface area (Å²) in [4.78, 5) is 2.24. The van der Waals surface area contributed by atoms with Gasteiger partial charge in [-0.05, 0) is 37.8 Å². The van der Waals surface area contributed by atoms with Crippen LogP contribution in [0.25, 0.3) is 0 Å². The summed E-state index contributed by atoms with van der Waals surface area (Å²) in [5.74, 6) is -0.0179. The first kappa shape index (κ1) is 15.7. The number of β-amino-alcohol motifs (C(OH)–C–C–N with tert-alkyl or cyclic N) is 1. The number of hydrogen-bond donors (Lipinski definition) is 1. The van der Waals surface area contributed by atoms with Crippen LogP contribution in [-0.4, -0.2) is 54.6 Å². The lowest BCUT2D eigenvalue weighted by atomic mass is 9.86. The summed E-state index contributed by atoms with van der Waals surface area (Å²) in [6.07, 6.45) is 3.32. The van der Waals surface area contributed by atoms with E-state index in [9.17, 15) is 9.50 Å². The van der Waals surface area contributed by atoms with Gasteiger partial charge in [-0.2, -0.15) is 0 Å². The molecule has 2 fully saturated rings. The molecule has 4 nitrogen and oxygen atoms in total. The first-order valence-corrected chi connectivity index (χ1v) is 8.11. The van der Waals surface area contributed by atoms with Crippen LogP contribution in [0.2, 0.25) is 0 Å². The lowest BCUT2D eigenvalue weighted by Gasteiger charge is -2.42. The predicted molar refractivity (Wildman–Crippen MR) is 81.5 cm³/mol. The van der Waals surface area contributed by atoms with Crippen molar-refractivity contribution < 1.29 is 19.0 Å². The Bertz CT molecular complexity index is 491. The molecule has 0 amide bonds. The molecule has 1 spiro atoms. The molecule has 1 N–H and O–H groups in total. The summed E-state index contributed by atoms with van der Waals surface area (Å²) in [6.45, 7) is 3.70. The van der Waals surface area contributed by atoms with Crippen molar-refractivity contribution in [2.75, 3.05) is 32.8 Å². The van der Waals surface area contributed by atoms with E-state index in [0.717, 1.165) is 45.4 Å². The van der Waals surface area contributed by atoms with E-state index in [-0.39, 0.29) is 11.4 Å². The minimum Gasteiger partial charge on any atom is -0.490 e. The third-order valence-corrected chi connectivity index (χ3v) is 4.74. The highest BCUT2D eigenvalue weighted by Crippen LogP contribution is 2.35. The number of hydrogen-bond acceptors (Lipinski definition) is 4. The maximum Gasteiger partial charge on any atom is 0.165 e. The molecule has 3 rings (SSSR count). The fourth-order valence-corrected chi connectivity index (χ4v) is 3.43. The van der Waals surface area contributed by atoms with E-state index >= 15 is 0 Å². The molecule has 1 aromatic carbocycles. The van der Waals surface area contributed by atoms with Gasteiger partial charge in [0, 0.05) is 26.2 Å². The first-order valence-electron chi connectivity index (χ1n) is 8.11. The standard InChI is InChI=1S/C17H24FNO3/c18-14-5-1-2-6-15(14)21-11-4-9-19-10-8-17(16(20)13-19)7-3-12-22-17/h1-2,5-6,16,20H,3-4,7-13H2/t16-,17-/m0/s1. The van der Waals surface area contributed by atoms with Gasteiger partial charge in [-0.1, -0.05) is 12.1 Å². The Morgan fingerprint density at radius 1 is 1.36 bits per heavy atom. The lowest BCUT2D eigenvalue weighted by Crippen LogP contribution is -2.55. The zero-order valence-corrected chi connectivity index (χ0v) is 12.8. The van der Waals surface area contributed by atoms with Gasteiger partial charge in [0.15, 0.2) is 11.6 Å². The van der Waals surface area contributed by atoms with Gasteiger partial charge in [0.25, 0.3) is 0 Å². The highest BCUT2D eigenvalue weighted by molar-refractivity contribution is 5.23. The molecule has 2 aliphatic heterocycles. The summed E-state index contributed by atoms with van der Waals surface area (Å²) in [7, 11) is 0. The molecule has 0 aromatic heterocycles. The van der Waals surface area contributed by atoms with Crippen molar-refractivity contribution in [2.24, 2.45) is 0 Å². The number of ether oxygens (including phenoxy) is 2. The van der Waals surface area contributed by atoms with Crippen molar-refractivity contribution in [1.82, 2.24) is 4.90 Å². The zero-order chi connectivity index (χ0) is 15.4. The summed E-state index contributed by atoms with van der Waals surface area (Å²) in [5.41, 5.74) is -0.292. The molecule has 1 aromatic rings. The molecule has 0 saturated carbocycles. The SMILES string of the molecule is O[C@H]1CN(CCCOc2ccccc2F)CC[C@@]12CCCO2. The molecular formula is C17H24FNO3. The van der Waals surface area contributed by atoms with Crippen LogP contribution in [0.5, 0.6) is 5.75 Å². The van der Waals surface area contributed by atoms with E-state index in [1.165, 1.54) is 6.07 Å². The normalized spacial score (nSPS) is 29.1. The van der Waals surface area contributed by atoms with Crippen LogP contribution < -0.4 is 4.74 Å². The van der Waals surface area contributed by atoms with Gasteiger partial charge in [0.2, 0.25) is 0 Å². The highest BCUT2D eigenvalue weighted by Gasteiger charge is 2.45. The fourth-order valence-electron chi connectivity index (χ4n) is 3.43. The van der Waals surface area contributed by atoms with Gasteiger partial charge in [-0.15, -0.1) is 0 Å². The Kier molecular flexibility index (Phi) is 4.96. The van der Waals surface area contributed by atoms with Gasteiger partial charge >= 0.3 is 0 Å². The zero-order valence-electron chi connectivity index (χ0n) is 12.8. The Morgan fingerprint density at radius 3 is 2.95 bits per heavy atom. The molecule has 2 aliphatic rings. The summed E-state index contributed by atoms with van der Waals surface area (Å²) in [6, 6.07) is 6.46. The Hall–Kier alpha value is -1.17. The topological polar surface area (TPSA) is 41.9 Å². The average molecular weight is 309 g/mol. The van der Waals surface area contributed by atoms with Gasteiger partial charge in [-0.3, -0.25) is 0 Å². The Balaban J connectivity index is 1.39. The molecule has 2 heterocycles. The minimum atomic E-state index is -0.406. The van der Waals surface area contributed by atoms with Crippen molar-refractivity contribution in [3.05, 3.63) is 30.1 Å². The third kappa shape index (κ3) is 3.42. The number of para-hydroxylation sites is 1. The summed E-state index contributed by atoms with van der Waals surface area (Å²) < 4.78 is 24.7. The van der Waals surface area contributed by atoms with Crippen LogP contribution in [0.1, 0.15) is 25.7 Å². The third-order valence-electron chi connectivity index (χ3n) is 4.74. The smallest absolute Gasteiger partial charge is 0.165 e. The second kappa shape index (κ2) is 6.94. The van der Waals surface area contributed by atoms with E-state index in [2.05, 4.69) is 4.90 Å². The summed E-state index contributed by atoms with van der Waals surface area (Å²) >= 11 is 0. The molecule has 0 radical (unpaired) electrons. The monoisotopic (exact) mass is 309 g/mol.